The maximum atomic E-state index is 10.3. The Morgan fingerprint density at radius 3 is 2.44 bits per heavy atom. The third kappa shape index (κ3) is 1.64. The summed E-state index contributed by atoms with van der Waals surface area (Å²) in [5.74, 6) is 0.362. The van der Waals surface area contributed by atoms with Gasteiger partial charge >= 0.3 is 0 Å². The van der Waals surface area contributed by atoms with Crippen LogP contribution >= 0.6 is 23.2 Å². The Kier molecular flexibility index (Phi) is 2.65. The van der Waals surface area contributed by atoms with E-state index in [1.807, 2.05) is 6.08 Å². The average molecular weight is 281 g/mol. The molecule has 0 amide bonds. The molecule has 3 rings (SSSR count). The maximum absolute atomic E-state index is 10.3. The molecule has 1 aliphatic carbocycles. The molecule has 1 aliphatic rings. The molecule has 0 spiro atoms. The summed E-state index contributed by atoms with van der Waals surface area (Å²) in [6.45, 7) is 0. The highest BCUT2D eigenvalue weighted by Gasteiger charge is 2.21. The number of benzene rings is 2. The van der Waals surface area contributed by atoms with E-state index in [4.69, 9.17) is 23.2 Å². The first-order chi connectivity index (χ1) is 8.58. The molecule has 2 N–H and O–H groups in total. The van der Waals surface area contributed by atoms with Crippen molar-refractivity contribution < 1.29 is 10.2 Å². The predicted molar refractivity (Wildman–Crippen MR) is 73.6 cm³/mol. The summed E-state index contributed by atoms with van der Waals surface area (Å²) < 4.78 is 0. The summed E-state index contributed by atoms with van der Waals surface area (Å²) in [6.07, 6.45) is 2.82. The summed E-state index contributed by atoms with van der Waals surface area (Å²) in [5.41, 5.74) is 1.43. The predicted octanol–water partition coefficient (Wildman–Crippen LogP) is 4.13. The van der Waals surface area contributed by atoms with E-state index in [0.717, 1.165) is 5.56 Å². The van der Waals surface area contributed by atoms with Crippen LogP contribution in [-0.2, 0) is 12.8 Å². The Bertz CT molecular complexity index is 690. The molecular weight excluding hydrogens is 271 g/mol. The van der Waals surface area contributed by atoms with Crippen molar-refractivity contribution in [2.75, 3.05) is 0 Å². The second-order valence-electron chi connectivity index (χ2n) is 4.38. The summed E-state index contributed by atoms with van der Waals surface area (Å²) in [6, 6.07) is 5.06. The molecule has 4 heteroatoms. The minimum Gasteiger partial charge on any atom is -0.507 e. The Hall–Kier alpha value is -1.38. The third-order valence-electron chi connectivity index (χ3n) is 3.30. The van der Waals surface area contributed by atoms with Crippen LogP contribution in [0.5, 0.6) is 11.5 Å². The monoisotopic (exact) mass is 280 g/mol. The van der Waals surface area contributed by atoms with Gasteiger partial charge in [-0.15, -0.1) is 0 Å². The molecule has 2 nitrogen and oxygen atoms in total. The molecule has 2 aromatic carbocycles. The summed E-state index contributed by atoms with van der Waals surface area (Å²) >= 11 is 11.9. The number of allylic oxidation sites excluding steroid dienone is 2. The molecule has 0 fully saturated rings. The van der Waals surface area contributed by atoms with Gasteiger partial charge in [0, 0.05) is 38.4 Å². The van der Waals surface area contributed by atoms with Gasteiger partial charge in [-0.2, -0.15) is 0 Å². The van der Waals surface area contributed by atoms with Crippen molar-refractivity contribution in [3.8, 4) is 11.5 Å². The van der Waals surface area contributed by atoms with E-state index in [1.165, 1.54) is 0 Å². The summed E-state index contributed by atoms with van der Waals surface area (Å²) in [7, 11) is 0. The lowest BCUT2D eigenvalue weighted by molar-refractivity contribution is 0.459. The first-order valence-corrected chi connectivity index (χ1v) is 6.33. The quantitative estimate of drug-likeness (QED) is 0.713. The van der Waals surface area contributed by atoms with Crippen LogP contribution in [-0.4, -0.2) is 10.2 Å². The Morgan fingerprint density at radius 2 is 1.67 bits per heavy atom. The standard InChI is InChI=1S/C14H10Cl2O2/c15-7-1-3-9-11(5-7)14(18)10-4-2-8(16)6-12(10)13(9)17/h1-3,5,17-18H,4,6H2. The van der Waals surface area contributed by atoms with Crippen LogP contribution in [0.1, 0.15) is 11.1 Å². The van der Waals surface area contributed by atoms with E-state index in [-0.39, 0.29) is 11.5 Å². The van der Waals surface area contributed by atoms with Crippen LogP contribution in [0.15, 0.2) is 29.3 Å². The van der Waals surface area contributed by atoms with E-state index in [2.05, 4.69) is 0 Å². The van der Waals surface area contributed by atoms with E-state index >= 15 is 0 Å². The van der Waals surface area contributed by atoms with Crippen LogP contribution in [0.2, 0.25) is 5.02 Å². The maximum Gasteiger partial charge on any atom is 0.127 e. The first-order valence-electron chi connectivity index (χ1n) is 5.57. The molecule has 0 heterocycles. The van der Waals surface area contributed by atoms with Gasteiger partial charge in [0.1, 0.15) is 11.5 Å². The largest absolute Gasteiger partial charge is 0.507 e. The zero-order chi connectivity index (χ0) is 12.9. The van der Waals surface area contributed by atoms with E-state index < -0.39 is 0 Å². The molecule has 0 aromatic heterocycles. The molecule has 0 saturated carbocycles. The van der Waals surface area contributed by atoms with Crippen molar-refractivity contribution >= 4 is 34.0 Å². The second-order valence-corrected chi connectivity index (χ2v) is 5.30. The lowest BCUT2D eigenvalue weighted by Crippen LogP contribution is -2.02. The van der Waals surface area contributed by atoms with Gasteiger partial charge < -0.3 is 10.2 Å². The highest BCUT2D eigenvalue weighted by atomic mass is 35.5. The average Bonchev–Trinajstić information content (AvgIpc) is 2.36. The number of phenols is 2. The molecule has 0 aliphatic heterocycles. The number of hydrogen-bond donors (Lipinski definition) is 2. The van der Waals surface area contributed by atoms with Gasteiger partial charge in [0.25, 0.3) is 0 Å². The molecular formula is C14H10Cl2O2. The van der Waals surface area contributed by atoms with Crippen molar-refractivity contribution in [3.05, 3.63) is 45.5 Å². The smallest absolute Gasteiger partial charge is 0.127 e. The molecule has 0 saturated heterocycles. The number of phenolic OH excluding ortho intramolecular Hbond substituents is 2. The van der Waals surface area contributed by atoms with Gasteiger partial charge in [-0.05, 0) is 24.6 Å². The minimum atomic E-state index is 0.181. The number of hydrogen-bond acceptors (Lipinski definition) is 2. The first kappa shape index (κ1) is 11.7. The van der Waals surface area contributed by atoms with Gasteiger partial charge in [0.2, 0.25) is 0 Å². The molecule has 0 radical (unpaired) electrons. The third-order valence-corrected chi connectivity index (χ3v) is 3.82. The van der Waals surface area contributed by atoms with Crippen LogP contribution in [0, 0.1) is 0 Å². The fraction of sp³-hybridized carbons (Fsp3) is 0.143. The van der Waals surface area contributed by atoms with Crippen molar-refractivity contribution in [2.24, 2.45) is 0 Å². The Balaban J connectivity index is 2.40. The van der Waals surface area contributed by atoms with Crippen LogP contribution < -0.4 is 0 Å². The van der Waals surface area contributed by atoms with Crippen molar-refractivity contribution in [1.29, 1.82) is 0 Å². The van der Waals surface area contributed by atoms with Crippen LogP contribution in [0.25, 0.3) is 10.8 Å². The lowest BCUT2D eigenvalue weighted by atomic mass is 9.91. The van der Waals surface area contributed by atoms with Crippen molar-refractivity contribution in [1.82, 2.24) is 0 Å². The Morgan fingerprint density at radius 1 is 0.944 bits per heavy atom. The highest BCUT2D eigenvalue weighted by molar-refractivity contribution is 6.31. The lowest BCUT2D eigenvalue weighted by Gasteiger charge is -2.19. The van der Waals surface area contributed by atoms with Crippen LogP contribution in [0.3, 0.4) is 0 Å². The zero-order valence-electron chi connectivity index (χ0n) is 9.37. The second kappa shape index (κ2) is 4.08. The molecule has 18 heavy (non-hydrogen) atoms. The number of fused-ring (bicyclic) bond motifs is 2. The fourth-order valence-corrected chi connectivity index (χ4v) is 2.78. The Labute approximate surface area is 114 Å². The summed E-state index contributed by atoms with van der Waals surface area (Å²) in [5, 5.41) is 23.0. The summed E-state index contributed by atoms with van der Waals surface area (Å²) in [4.78, 5) is 0. The van der Waals surface area contributed by atoms with Gasteiger partial charge in [-0.3, -0.25) is 0 Å². The van der Waals surface area contributed by atoms with E-state index in [0.29, 0.717) is 39.2 Å². The van der Waals surface area contributed by atoms with Gasteiger partial charge in [-0.1, -0.05) is 29.3 Å². The van der Waals surface area contributed by atoms with E-state index in [1.54, 1.807) is 18.2 Å². The molecule has 92 valence electrons. The fourth-order valence-electron chi connectivity index (χ4n) is 2.39. The number of aromatic hydroxyl groups is 2. The highest BCUT2D eigenvalue weighted by Crippen LogP contribution is 2.43. The van der Waals surface area contributed by atoms with Crippen molar-refractivity contribution in [2.45, 2.75) is 12.8 Å². The van der Waals surface area contributed by atoms with Gasteiger partial charge in [0.15, 0.2) is 0 Å². The minimum absolute atomic E-state index is 0.181. The molecule has 0 bridgehead atoms. The number of halogens is 2. The van der Waals surface area contributed by atoms with E-state index in [9.17, 15) is 10.2 Å². The van der Waals surface area contributed by atoms with Crippen molar-refractivity contribution in [3.63, 3.8) is 0 Å². The topological polar surface area (TPSA) is 40.5 Å². The van der Waals surface area contributed by atoms with Gasteiger partial charge in [0.05, 0.1) is 0 Å². The van der Waals surface area contributed by atoms with Gasteiger partial charge in [-0.25, -0.2) is 0 Å². The molecule has 0 unspecified atom stereocenters. The zero-order valence-corrected chi connectivity index (χ0v) is 10.9. The molecule has 2 aromatic rings. The molecule has 0 atom stereocenters. The number of rotatable bonds is 0. The SMILES string of the molecule is Oc1c2c(c(O)c3ccc(Cl)cc13)CC(Cl)=CC2. The normalized spacial score (nSPS) is 14.4. The van der Waals surface area contributed by atoms with Crippen LogP contribution in [0.4, 0.5) is 0 Å².